The summed E-state index contributed by atoms with van der Waals surface area (Å²) in [5.41, 5.74) is 6.94. The van der Waals surface area contributed by atoms with Crippen LogP contribution in [0.15, 0.2) is 29.1 Å². The van der Waals surface area contributed by atoms with E-state index in [-0.39, 0.29) is 0 Å². The minimum atomic E-state index is 0.858. The van der Waals surface area contributed by atoms with E-state index in [2.05, 4.69) is 59.7 Å². The summed E-state index contributed by atoms with van der Waals surface area (Å²) in [5, 5.41) is 5.46. The number of hydrogen-bond acceptors (Lipinski definition) is 4. The van der Waals surface area contributed by atoms with Crippen molar-refractivity contribution in [2.24, 2.45) is 0 Å². The predicted octanol–water partition coefficient (Wildman–Crippen LogP) is 3.20. The van der Waals surface area contributed by atoms with Crippen molar-refractivity contribution in [3.05, 3.63) is 45.9 Å². The van der Waals surface area contributed by atoms with Crippen LogP contribution in [0.25, 0.3) is 0 Å². The molecule has 2 aromatic rings. The number of thiazole rings is 1. The van der Waals surface area contributed by atoms with Crippen LogP contribution in [0.1, 0.15) is 23.7 Å². The number of nitrogens with one attached hydrogen (secondary N) is 1. The van der Waals surface area contributed by atoms with Crippen molar-refractivity contribution in [1.82, 2.24) is 10.3 Å². The smallest absolute Gasteiger partial charge is 0.0795 e. The molecule has 0 atom stereocenters. The van der Waals surface area contributed by atoms with Crippen LogP contribution in [-0.4, -0.2) is 18.6 Å². The monoisotopic (exact) mass is 275 g/mol. The number of rotatable bonds is 6. The first kappa shape index (κ1) is 14.0. The van der Waals surface area contributed by atoms with Gasteiger partial charge in [0.05, 0.1) is 17.7 Å². The lowest BCUT2D eigenvalue weighted by molar-refractivity contribution is 0.726. The van der Waals surface area contributed by atoms with Gasteiger partial charge in [0.15, 0.2) is 0 Å². The topological polar surface area (TPSA) is 28.2 Å². The number of anilines is 1. The molecule has 0 spiro atoms. The number of benzene rings is 1. The van der Waals surface area contributed by atoms with E-state index >= 15 is 0 Å². The molecule has 0 aliphatic rings. The van der Waals surface area contributed by atoms with Gasteiger partial charge in [0.25, 0.3) is 0 Å². The van der Waals surface area contributed by atoms with Crippen LogP contribution in [0.5, 0.6) is 0 Å². The zero-order valence-corrected chi connectivity index (χ0v) is 12.6. The van der Waals surface area contributed by atoms with Crippen LogP contribution in [0.4, 0.5) is 5.69 Å². The summed E-state index contributed by atoms with van der Waals surface area (Å²) in [6.45, 7) is 7.10. The van der Waals surface area contributed by atoms with Gasteiger partial charge in [0.1, 0.15) is 0 Å². The van der Waals surface area contributed by atoms with E-state index in [0.717, 1.165) is 25.3 Å². The van der Waals surface area contributed by atoms with Crippen LogP contribution in [0.3, 0.4) is 0 Å². The maximum absolute atomic E-state index is 4.34. The predicted molar refractivity (Wildman–Crippen MR) is 82.8 cm³/mol. The van der Waals surface area contributed by atoms with Gasteiger partial charge < -0.3 is 10.2 Å². The highest BCUT2D eigenvalue weighted by molar-refractivity contribution is 7.07. The Kier molecular flexibility index (Phi) is 4.93. The van der Waals surface area contributed by atoms with Crippen molar-refractivity contribution in [2.45, 2.75) is 26.9 Å². The lowest BCUT2D eigenvalue weighted by Crippen LogP contribution is -2.18. The van der Waals surface area contributed by atoms with E-state index in [1.54, 1.807) is 11.3 Å². The highest BCUT2D eigenvalue weighted by atomic mass is 32.1. The fourth-order valence-corrected chi connectivity index (χ4v) is 2.72. The van der Waals surface area contributed by atoms with E-state index in [4.69, 9.17) is 0 Å². The molecule has 0 saturated heterocycles. The minimum Gasteiger partial charge on any atom is -0.368 e. The molecule has 0 radical (unpaired) electrons. The van der Waals surface area contributed by atoms with Gasteiger partial charge in [0, 0.05) is 24.7 Å². The van der Waals surface area contributed by atoms with Gasteiger partial charge >= 0.3 is 0 Å². The molecule has 19 heavy (non-hydrogen) atoms. The summed E-state index contributed by atoms with van der Waals surface area (Å²) in [6.07, 6.45) is 0. The molecule has 0 fully saturated rings. The van der Waals surface area contributed by atoms with Gasteiger partial charge in [-0.05, 0) is 30.7 Å². The third-order valence-electron chi connectivity index (χ3n) is 3.13. The first-order valence-corrected chi connectivity index (χ1v) is 7.53. The molecule has 0 bridgehead atoms. The highest BCUT2D eigenvalue weighted by Crippen LogP contribution is 2.22. The zero-order chi connectivity index (χ0) is 13.7. The Hall–Kier alpha value is -1.39. The van der Waals surface area contributed by atoms with Gasteiger partial charge in [-0.1, -0.05) is 19.1 Å². The lowest BCUT2D eigenvalue weighted by atomic mass is 10.1. The average Bonchev–Trinajstić information content (AvgIpc) is 2.89. The highest BCUT2D eigenvalue weighted by Gasteiger charge is 2.07. The maximum Gasteiger partial charge on any atom is 0.0795 e. The normalized spacial score (nSPS) is 10.7. The minimum absolute atomic E-state index is 0.858. The molecule has 1 heterocycles. The van der Waals surface area contributed by atoms with E-state index in [1.165, 1.54) is 16.8 Å². The summed E-state index contributed by atoms with van der Waals surface area (Å²) in [4.78, 5) is 6.59. The third-order valence-corrected chi connectivity index (χ3v) is 3.77. The zero-order valence-electron chi connectivity index (χ0n) is 11.8. The van der Waals surface area contributed by atoms with Crippen molar-refractivity contribution in [3.8, 4) is 0 Å². The molecule has 102 valence electrons. The fourth-order valence-electron chi connectivity index (χ4n) is 2.17. The number of aryl methyl sites for hydroxylation is 1. The van der Waals surface area contributed by atoms with Crippen molar-refractivity contribution >= 4 is 17.0 Å². The molecule has 1 N–H and O–H groups in total. The fraction of sp³-hybridized carbons (Fsp3) is 0.400. The van der Waals surface area contributed by atoms with Crippen molar-refractivity contribution in [3.63, 3.8) is 0 Å². The lowest BCUT2D eigenvalue weighted by Gasteiger charge is -2.21. The largest absolute Gasteiger partial charge is 0.368 e. The van der Waals surface area contributed by atoms with E-state index in [0.29, 0.717) is 0 Å². The average molecular weight is 275 g/mol. The molecule has 1 aromatic carbocycles. The Morgan fingerprint density at radius 2 is 2.21 bits per heavy atom. The summed E-state index contributed by atoms with van der Waals surface area (Å²) < 4.78 is 0. The molecule has 0 aliphatic heterocycles. The van der Waals surface area contributed by atoms with Crippen LogP contribution >= 0.6 is 11.3 Å². The summed E-state index contributed by atoms with van der Waals surface area (Å²) in [7, 11) is 2.12. The molecule has 0 aliphatic carbocycles. The van der Waals surface area contributed by atoms with Crippen LogP contribution in [0, 0.1) is 6.92 Å². The first-order chi connectivity index (χ1) is 9.20. The second-order valence-electron chi connectivity index (χ2n) is 4.74. The summed E-state index contributed by atoms with van der Waals surface area (Å²) in [6, 6.07) is 6.66. The van der Waals surface area contributed by atoms with E-state index in [1.807, 2.05) is 5.51 Å². The molecule has 0 unspecified atom stereocenters. The third kappa shape index (κ3) is 3.78. The molecule has 0 saturated carbocycles. The Bertz CT molecular complexity index is 508. The molecule has 4 heteroatoms. The maximum atomic E-state index is 4.34. The SMILES string of the molecule is CCNCc1ccc(N(C)Cc2cscn2)c(C)c1. The Labute approximate surface area is 119 Å². The van der Waals surface area contributed by atoms with Gasteiger partial charge in [0.2, 0.25) is 0 Å². The van der Waals surface area contributed by atoms with Gasteiger partial charge in [-0.15, -0.1) is 11.3 Å². The van der Waals surface area contributed by atoms with Crippen LogP contribution in [0.2, 0.25) is 0 Å². The van der Waals surface area contributed by atoms with Crippen molar-refractivity contribution in [1.29, 1.82) is 0 Å². The van der Waals surface area contributed by atoms with Crippen LogP contribution < -0.4 is 10.2 Å². The second kappa shape index (κ2) is 6.68. The molecule has 1 aromatic heterocycles. The van der Waals surface area contributed by atoms with E-state index < -0.39 is 0 Å². The Morgan fingerprint density at radius 3 is 2.84 bits per heavy atom. The quantitative estimate of drug-likeness (QED) is 0.877. The van der Waals surface area contributed by atoms with Gasteiger partial charge in [-0.3, -0.25) is 0 Å². The number of nitrogens with zero attached hydrogens (tertiary/aromatic N) is 2. The molecule has 3 nitrogen and oxygen atoms in total. The summed E-state index contributed by atoms with van der Waals surface area (Å²) >= 11 is 1.65. The molecule has 2 rings (SSSR count). The molecule has 0 amide bonds. The van der Waals surface area contributed by atoms with Crippen LogP contribution in [-0.2, 0) is 13.1 Å². The first-order valence-electron chi connectivity index (χ1n) is 6.59. The van der Waals surface area contributed by atoms with E-state index in [9.17, 15) is 0 Å². The Balaban J connectivity index is 2.07. The second-order valence-corrected chi connectivity index (χ2v) is 5.46. The van der Waals surface area contributed by atoms with Crippen molar-refractivity contribution < 1.29 is 0 Å². The van der Waals surface area contributed by atoms with Gasteiger partial charge in [-0.2, -0.15) is 0 Å². The molecular weight excluding hydrogens is 254 g/mol. The Morgan fingerprint density at radius 1 is 1.37 bits per heavy atom. The van der Waals surface area contributed by atoms with Gasteiger partial charge in [-0.25, -0.2) is 4.98 Å². The molecular formula is C15H21N3S. The van der Waals surface area contributed by atoms with Crippen molar-refractivity contribution in [2.75, 3.05) is 18.5 Å². The summed E-state index contributed by atoms with van der Waals surface area (Å²) in [5.74, 6) is 0. The standard InChI is InChI=1S/C15H21N3S/c1-4-16-8-13-5-6-15(12(2)7-13)18(3)9-14-10-19-11-17-14/h5-7,10-11,16H,4,8-9H2,1-3H3. The number of aromatic nitrogens is 1. The number of hydrogen-bond donors (Lipinski definition) is 1.